The predicted octanol–water partition coefficient (Wildman–Crippen LogP) is 1.45. The lowest BCUT2D eigenvalue weighted by Gasteiger charge is -1.94. The SMILES string of the molecule is NCc1nsc2cc(C(=O)O)ccc12. The molecule has 14 heavy (non-hydrogen) atoms. The number of aromatic carboxylic acids is 1. The van der Waals surface area contributed by atoms with Crippen LogP contribution in [-0.4, -0.2) is 15.4 Å². The molecule has 2 rings (SSSR count). The van der Waals surface area contributed by atoms with Crippen LogP contribution in [0.1, 0.15) is 16.1 Å². The van der Waals surface area contributed by atoms with Crippen molar-refractivity contribution in [3.63, 3.8) is 0 Å². The zero-order chi connectivity index (χ0) is 10.1. The van der Waals surface area contributed by atoms with Gasteiger partial charge >= 0.3 is 5.97 Å². The molecule has 0 spiro atoms. The Kier molecular flexibility index (Phi) is 2.18. The van der Waals surface area contributed by atoms with Gasteiger partial charge in [-0.1, -0.05) is 6.07 Å². The van der Waals surface area contributed by atoms with E-state index in [-0.39, 0.29) is 5.56 Å². The summed E-state index contributed by atoms with van der Waals surface area (Å²) in [4.78, 5) is 10.7. The number of nitrogens with zero attached hydrogens (tertiary/aromatic N) is 1. The van der Waals surface area contributed by atoms with Crippen molar-refractivity contribution in [1.29, 1.82) is 0 Å². The number of carbonyl (C=O) groups is 1. The Labute approximate surface area is 84.1 Å². The number of hydrogen-bond acceptors (Lipinski definition) is 4. The highest BCUT2D eigenvalue weighted by atomic mass is 32.1. The maximum Gasteiger partial charge on any atom is 0.335 e. The molecule has 4 nitrogen and oxygen atoms in total. The number of hydrogen-bond donors (Lipinski definition) is 2. The number of benzene rings is 1. The van der Waals surface area contributed by atoms with Gasteiger partial charge in [0.1, 0.15) is 0 Å². The molecule has 0 aliphatic heterocycles. The standard InChI is InChI=1S/C9H8N2O2S/c10-4-7-6-2-1-5(9(12)13)3-8(6)14-11-7/h1-3H,4,10H2,(H,12,13). The molecule has 3 N–H and O–H groups in total. The highest BCUT2D eigenvalue weighted by Crippen LogP contribution is 2.23. The average molecular weight is 208 g/mol. The third-order valence-corrected chi connectivity index (χ3v) is 2.83. The fourth-order valence-corrected chi connectivity index (χ4v) is 2.12. The van der Waals surface area contributed by atoms with E-state index in [4.69, 9.17) is 10.8 Å². The van der Waals surface area contributed by atoms with Crippen molar-refractivity contribution in [1.82, 2.24) is 4.37 Å². The minimum atomic E-state index is -0.922. The predicted molar refractivity (Wildman–Crippen MR) is 54.5 cm³/mol. The van der Waals surface area contributed by atoms with Gasteiger partial charge in [0.05, 0.1) is 16.0 Å². The fourth-order valence-electron chi connectivity index (χ4n) is 1.27. The van der Waals surface area contributed by atoms with Crippen LogP contribution >= 0.6 is 11.5 Å². The van der Waals surface area contributed by atoms with E-state index in [1.54, 1.807) is 18.2 Å². The summed E-state index contributed by atoms with van der Waals surface area (Å²) in [6.07, 6.45) is 0. The second-order valence-corrected chi connectivity index (χ2v) is 3.65. The van der Waals surface area contributed by atoms with Crippen LogP contribution in [0, 0.1) is 0 Å². The molecule has 0 atom stereocenters. The fraction of sp³-hybridized carbons (Fsp3) is 0.111. The highest BCUT2D eigenvalue weighted by molar-refractivity contribution is 7.13. The Balaban J connectivity index is 2.63. The molecular formula is C9H8N2O2S. The molecule has 2 aromatic rings. The van der Waals surface area contributed by atoms with Gasteiger partial charge in [0.2, 0.25) is 0 Å². The van der Waals surface area contributed by atoms with Gasteiger partial charge in [0.25, 0.3) is 0 Å². The van der Waals surface area contributed by atoms with E-state index < -0.39 is 5.97 Å². The lowest BCUT2D eigenvalue weighted by atomic mass is 10.1. The van der Waals surface area contributed by atoms with Crippen molar-refractivity contribution >= 4 is 27.6 Å². The summed E-state index contributed by atoms with van der Waals surface area (Å²) in [6.45, 7) is 0.381. The van der Waals surface area contributed by atoms with Gasteiger partial charge in [-0.2, -0.15) is 4.37 Å². The lowest BCUT2D eigenvalue weighted by molar-refractivity contribution is 0.0697. The number of nitrogens with two attached hydrogens (primary N) is 1. The van der Waals surface area contributed by atoms with Crippen molar-refractivity contribution in [2.75, 3.05) is 0 Å². The second kappa shape index (κ2) is 3.36. The van der Waals surface area contributed by atoms with Gasteiger partial charge in [-0.15, -0.1) is 0 Å². The molecule has 0 aliphatic carbocycles. The Morgan fingerprint density at radius 3 is 3.00 bits per heavy atom. The maximum atomic E-state index is 10.7. The summed E-state index contributed by atoms with van der Waals surface area (Å²) < 4.78 is 5.00. The van der Waals surface area contributed by atoms with Crippen LogP contribution in [-0.2, 0) is 6.54 Å². The van der Waals surface area contributed by atoms with E-state index in [0.29, 0.717) is 6.54 Å². The maximum absolute atomic E-state index is 10.7. The zero-order valence-corrected chi connectivity index (χ0v) is 8.04. The van der Waals surface area contributed by atoms with E-state index in [2.05, 4.69) is 4.37 Å². The molecule has 0 saturated heterocycles. The Morgan fingerprint density at radius 1 is 1.57 bits per heavy atom. The van der Waals surface area contributed by atoms with Gasteiger partial charge in [-0.25, -0.2) is 4.79 Å². The van der Waals surface area contributed by atoms with Crippen molar-refractivity contribution in [3.8, 4) is 0 Å². The van der Waals surface area contributed by atoms with Gasteiger partial charge in [-0.05, 0) is 23.7 Å². The molecule has 0 amide bonds. The van der Waals surface area contributed by atoms with Crippen LogP contribution in [0.3, 0.4) is 0 Å². The molecular weight excluding hydrogens is 200 g/mol. The topological polar surface area (TPSA) is 76.2 Å². The minimum absolute atomic E-state index is 0.282. The molecule has 0 unspecified atom stereocenters. The molecule has 0 saturated carbocycles. The molecule has 72 valence electrons. The molecule has 0 aliphatic rings. The van der Waals surface area contributed by atoms with Gasteiger partial charge < -0.3 is 10.8 Å². The molecule has 0 fully saturated rings. The number of aromatic nitrogens is 1. The third-order valence-electron chi connectivity index (χ3n) is 1.99. The smallest absolute Gasteiger partial charge is 0.335 e. The Hall–Kier alpha value is -1.46. The van der Waals surface area contributed by atoms with E-state index in [9.17, 15) is 4.79 Å². The monoisotopic (exact) mass is 208 g/mol. The van der Waals surface area contributed by atoms with Crippen LogP contribution in [0.5, 0.6) is 0 Å². The first kappa shape index (κ1) is 9.11. The number of carboxylic acids is 1. The first-order chi connectivity index (χ1) is 6.72. The molecule has 0 radical (unpaired) electrons. The van der Waals surface area contributed by atoms with Crippen molar-refractivity contribution in [3.05, 3.63) is 29.5 Å². The van der Waals surface area contributed by atoms with E-state index in [1.165, 1.54) is 11.5 Å². The van der Waals surface area contributed by atoms with Crippen LogP contribution in [0.25, 0.3) is 10.1 Å². The molecule has 0 bridgehead atoms. The van der Waals surface area contributed by atoms with Crippen molar-refractivity contribution < 1.29 is 9.90 Å². The summed E-state index contributed by atoms with van der Waals surface area (Å²) in [6, 6.07) is 4.94. The molecule has 1 aromatic heterocycles. The van der Waals surface area contributed by atoms with Gasteiger partial charge in [0.15, 0.2) is 0 Å². The summed E-state index contributed by atoms with van der Waals surface area (Å²) in [5.74, 6) is -0.922. The molecule has 1 aromatic carbocycles. The van der Waals surface area contributed by atoms with Crippen molar-refractivity contribution in [2.24, 2.45) is 5.73 Å². The number of fused-ring (bicyclic) bond motifs is 1. The van der Waals surface area contributed by atoms with Crippen LogP contribution in [0.2, 0.25) is 0 Å². The van der Waals surface area contributed by atoms with E-state index in [1.807, 2.05) is 0 Å². The van der Waals surface area contributed by atoms with Crippen LogP contribution in [0.15, 0.2) is 18.2 Å². The first-order valence-corrected chi connectivity index (χ1v) is 4.81. The largest absolute Gasteiger partial charge is 0.478 e. The minimum Gasteiger partial charge on any atom is -0.478 e. The molecule has 1 heterocycles. The number of rotatable bonds is 2. The van der Waals surface area contributed by atoms with Crippen molar-refractivity contribution in [2.45, 2.75) is 6.54 Å². The molecule has 5 heteroatoms. The number of carboxylic acid groups (broad SMARTS) is 1. The normalized spacial score (nSPS) is 10.6. The van der Waals surface area contributed by atoms with E-state index in [0.717, 1.165) is 15.8 Å². The second-order valence-electron chi connectivity index (χ2n) is 2.85. The van der Waals surface area contributed by atoms with Gasteiger partial charge in [0, 0.05) is 11.9 Å². The average Bonchev–Trinajstić information content (AvgIpc) is 2.59. The van der Waals surface area contributed by atoms with E-state index >= 15 is 0 Å². The summed E-state index contributed by atoms with van der Waals surface area (Å²) in [7, 11) is 0. The van der Waals surface area contributed by atoms with Gasteiger partial charge in [-0.3, -0.25) is 0 Å². The lowest BCUT2D eigenvalue weighted by Crippen LogP contribution is -1.97. The quantitative estimate of drug-likeness (QED) is 0.783. The summed E-state index contributed by atoms with van der Waals surface area (Å²) in [5, 5.41) is 9.71. The summed E-state index contributed by atoms with van der Waals surface area (Å²) >= 11 is 1.28. The Morgan fingerprint density at radius 2 is 2.36 bits per heavy atom. The van der Waals surface area contributed by atoms with Crippen LogP contribution in [0.4, 0.5) is 0 Å². The Bertz CT molecular complexity index is 493. The third kappa shape index (κ3) is 1.36. The highest BCUT2D eigenvalue weighted by Gasteiger charge is 2.08. The zero-order valence-electron chi connectivity index (χ0n) is 7.23. The first-order valence-electron chi connectivity index (χ1n) is 4.04. The summed E-state index contributed by atoms with van der Waals surface area (Å²) in [5.41, 5.74) is 6.59. The van der Waals surface area contributed by atoms with Crippen LogP contribution < -0.4 is 5.73 Å².